The van der Waals surface area contributed by atoms with Gasteiger partial charge in [0.15, 0.2) is 0 Å². The highest BCUT2D eigenvalue weighted by atomic mass is 35.5. The van der Waals surface area contributed by atoms with E-state index in [1.807, 2.05) is 13.8 Å². The van der Waals surface area contributed by atoms with Crippen molar-refractivity contribution in [3.63, 3.8) is 0 Å². The molecule has 1 heterocycles. The van der Waals surface area contributed by atoms with Gasteiger partial charge >= 0.3 is 0 Å². The van der Waals surface area contributed by atoms with Gasteiger partial charge in [-0.25, -0.2) is 4.68 Å². The molecule has 0 aromatic carbocycles. The summed E-state index contributed by atoms with van der Waals surface area (Å²) in [5, 5.41) is 6.72. The monoisotopic (exact) mass is 254 g/mol. The summed E-state index contributed by atoms with van der Waals surface area (Å²) in [6.45, 7) is 3.97. The highest BCUT2D eigenvalue weighted by Crippen LogP contribution is 2.12. The van der Waals surface area contributed by atoms with Gasteiger partial charge in [-0.1, -0.05) is 0 Å². The van der Waals surface area contributed by atoms with Crippen molar-refractivity contribution in [2.75, 3.05) is 11.9 Å². The molecule has 0 atom stereocenters. The van der Waals surface area contributed by atoms with Crippen LogP contribution in [0.4, 0.5) is 5.82 Å². The number of hydrogen-bond acceptors (Lipinski definition) is 3. The fraction of sp³-hybridized carbons (Fsp3) is 0.500. The zero-order valence-electron chi connectivity index (χ0n) is 8.64. The Kier molecular flexibility index (Phi) is 8.33. The van der Waals surface area contributed by atoms with Crippen molar-refractivity contribution in [2.24, 2.45) is 5.73 Å². The zero-order chi connectivity index (χ0) is 9.84. The third kappa shape index (κ3) is 4.51. The van der Waals surface area contributed by atoms with Crippen molar-refractivity contribution in [3.8, 4) is 0 Å². The number of nitrogens with zero attached hydrogens (tertiary/aromatic N) is 2. The first-order chi connectivity index (χ1) is 6.15. The predicted octanol–water partition coefficient (Wildman–Crippen LogP) is 1.20. The van der Waals surface area contributed by atoms with Crippen molar-refractivity contribution < 1.29 is 4.79 Å². The van der Waals surface area contributed by atoms with Gasteiger partial charge in [-0.15, -0.1) is 24.8 Å². The Bertz CT molecular complexity index is 301. The summed E-state index contributed by atoms with van der Waals surface area (Å²) in [7, 11) is 0. The van der Waals surface area contributed by atoms with Gasteiger partial charge in [0.2, 0.25) is 5.91 Å². The maximum atomic E-state index is 11.0. The molecular formula is C8H16Cl2N4O. The molecule has 0 fully saturated rings. The van der Waals surface area contributed by atoms with Crippen LogP contribution in [0.1, 0.15) is 19.9 Å². The molecule has 0 spiro atoms. The van der Waals surface area contributed by atoms with E-state index in [1.54, 1.807) is 16.9 Å². The molecule has 0 radical (unpaired) electrons. The van der Waals surface area contributed by atoms with Gasteiger partial charge in [-0.05, 0) is 13.8 Å². The molecular weight excluding hydrogens is 239 g/mol. The van der Waals surface area contributed by atoms with Gasteiger partial charge in [0.1, 0.15) is 5.82 Å². The van der Waals surface area contributed by atoms with Crippen molar-refractivity contribution in [3.05, 3.63) is 12.3 Å². The highest BCUT2D eigenvalue weighted by Gasteiger charge is 2.07. The van der Waals surface area contributed by atoms with Crippen LogP contribution < -0.4 is 11.1 Å². The van der Waals surface area contributed by atoms with Crippen molar-refractivity contribution in [1.29, 1.82) is 0 Å². The zero-order valence-corrected chi connectivity index (χ0v) is 10.3. The fourth-order valence-corrected chi connectivity index (χ4v) is 1.02. The third-order valence-corrected chi connectivity index (χ3v) is 1.61. The van der Waals surface area contributed by atoms with Crippen LogP contribution in [0, 0.1) is 0 Å². The third-order valence-electron chi connectivity index (χ3n) is 1.61. The van der Waals surface area contributed by atoms with Crippen LogP contribution in [0.15, 0.2) is 12.3 Å². The lowest BCUT2D eigenvalue weighted by molar-refractivity contribution is -0.114. The number of carbonyl (C=O) groups is 1. The van der Waals surface area contributed by atoms with E-state index < -0.39 is 0 Å². The first-order valence-electron chi connectivity index (χ1n) is 4.18. The number of amides is 1. The predicted molar refractivity (Wildman–Crippen MR) is 64.8 cm³/mol. The second kappa shape index (κ2) is 7.50. The number of rotatable bonds is 3. The van der Waals surface area contributed by atoms with E-state index >= 15 is 0 Å². The Morgan fingerprint density at radius 1 is 1.60 bits per heavy atom. The highest BCUT2D eigenvalue weighted by molar-refractivity contribution is 5.91. The van der Waals surface area contributed by atoms with E-state index in [4.69, 9.17) is 5.73 Å². The Balaban J connectivity index is 0. The van der Waals surface area contributed by atoms with Gasteiger partial charge in [-0.2, -0.15) is 5.10 Å². The Morgan fingerprint density at radius 3 is 2.67 bits per heavy atom. The van der Waals surface area contributed by atoms with Crippen LogP contribution in [0.3, 0.4) is 0 Å². The Hall–Kier alpha value is -0.780. The van der Waals surface area contributed by atoms with Gasteiger partial charge < -0.3 is 11.1 Å². The number of aromatic nitrogens is 2. The molecule has 3 N–H and O–H groups in total. The Labute approximate surface area is 101 Å². The molecule has 15 heavy (non-hydrogen) atoms. The van der Waals surface area contributed by atoms with Gasteiger partial charge in [0.05, 0.1) is 12.7 Å². The van der Waals surface area contributed by atoms with E-state index in [0.717, 1.165) is 0 Å². The summed E-state index contributed by atoms with van der Waals surface area (Å²) >= 11 is 0. The van der Waals surface area contributed by atoms with Gasteiger partial charge in [0.25, 0.3) is 0 Å². The second-order valence-corrected chi connectivity index (χ2v) is 3.01. The molecule has 0 aliphatic rings. The summed E-state index contributed by atoms with van der Waals surface area (Å²) < 4.78 is 1.73. The standard InChI is InChI=1S/C8H14N4O.2ClH/c1-6(2)12-7(3-4-10-12)11-8(13)5-9;;/h3-4,6H,5,9H2,1-2H3,(H,11,13);2*1H. The van der Waals surface area contributed by atoms with Crippen molar-refractivity contribution >= 4 is 36.5 Å². The number of nitrogens with two attached hydrogens (primary N) is 1. The number of hydrogen-bond donors (Lipinski definition) is 2. The quantitative estimate of drug-likeness (QED) is 0.852. The summed E-state index contributed by atoms with van der Waals surface area (Å²) in [6, 6.07) is 1.97. The largest absolute Gasteiger partial charge is 0.322 e. The summed E-state index contributed by atoms with van der Waals surface area (Å²) in [6.07, 6.45) is 1.64. The minimum Gasteiger partial charge on any atom is -0.322 e. The SMILES string of the molecule is CC(C)n1nccc1NC(=O)CN.Cl.Cl. The molecule has 0 saturated carbocycles. The summed E-state index contributed by atoms with van der Waals surface area (Å²) in [5.74, 6) is 0.479. The van der Waals surface area contributed by atoms with Crippen LogP contribution in [0.25, 0.3) is 0 Å². The van der Waals surface area contributed by atoms with Crippen LogP contribution in [-0.2, 0) is 4.79 Å². The minimum absolute atomic E-state index is 0. The topological polar surface area (TPSA) is 72.9 Å². The van der Waals surface area contributed by atoms with Gasteiger partial charge in [-0.3, -0.25) is 4.79 Å². The summed E-state index contributed by atoms with van der Waals surface area (Å²) in [4.78, 5) is 11.0. The average Bonchev–Trinajstić information content (AvgIpc) is 2.52. The molecule has 0 bridgehead atoms. The van der Waals surface area contributed by atoms with Crippen LogP contribution in [0.5, 0.6) is 0 Å². The van der Waals surface area contributed by atoms with E-state index in [1.165, 1.54) is 0 Å². The first kappa shape index (κ1) is 16.6. The molecule has 0 unspecified atom stereocenters. The fourth-order valence-electron chi connectivity index (χ4n) is 1.02. The number of anilines is 1. The molecule has 0 aliphatic carbocycles. The van der Waals surface area contributed by atoms with Crippen LogP contribution in [-0.4, -0.2) is 22.2 Å². The van der Waals surface area contributed by atoms with E-state index in [0.29, 0.717) is 5.82 Å². The second-order valence-electron chi connectivity index (χ2n) is 3.01. The maximum Gasteiger partial charge on any atom is 0.239 e. The molecule has 88 valence electrons. The molecule has 1 aromatic heterocycles. The lowest BCUT2D eigenvalue weighted by Crippen LogP contribution is -2.23. The Morgan fingerprint density at radius 2 is 2.20 bits per heavy atom. The lowest BCUT2D eigenvalue weighted by Gasteiger charge is -2.10. The molecule has 1 aromatic rings. The first-order valence-corrected chi connectivity index (χ1v) is 4.18. The molecule has 7 heteroatoms. The number of halogens is 2. The number of nitrogens with one attached hydrogen (secondary N) is 1. The lowest BCUT2D eigenvalue weighted by atomic mass is 10.4. The molecule has 0 aliphatic heterocycles. The smallest absolute Gasteiger partial charge is 0.239 e. The number of carbonyl (C=O) groups excluding carboxylic acids is 1. The molecule has 0 saturated heterocycles. The van der Waals surface area contributed by atoms with Crippen LogP contribution in [0.2, 0.25) is 0 Å². The summed E-state index contributed by atoms with van der Waals surface area (Å²) in [5.41, 5.74) is 5.17. The maximum absolute atomic E-state index is 11.0. The normalized spacial score (nSPS) is 9.07. The molecule has 1 amide bonds. The van der Waals surface area contributed by atoms with E-state index in [9.17, 15) is 4.79 Å². The average molecular weight is 255 g/mol. The van der Waals surface area contributed by atoms with Crippen molar-refractivity contribution in [1.82, 2.24) is 9.78 Å². The minimum atomic E-state index is -0.206. The van der Waals surface area contributed by atoms with E-state index in [2.05, 4.69) is 10.4 Å². The van der Waals surface area contributed by atoms with Crippen LogP contribution >= 0.6 is 24.8 Å². The van der Waals surface area contributed by atoms with E-state index in [-0.39, 0.29) is 43.3 Å². The molecule has 1 rings (SSSR count). The van der Waals surface area contributed by atoms with Crippen molar-refractivity contribution in [2.45, 2.75) is 19.9 Å². The molecule has 5 nitrogen and oxygen atoms in total. The van der Waals surface area contributed by atoms with Gasteiger partial charge in [0, 0.05) is 12.1 Å².